The zero-order valence-electron chi connectivity index (χ0n) is 14.9. The van der Waals surface area contributed by atoms with Crippen LogP contribution in [0.25, 0.3) is 0 Å². The molecule has 7 heteroatoms. The Morgan fingerprint density at radius 2 is 1.85 bits per heavy atom. The van der Waals surface area contributed by atoms with Crippen LogP contribution in [-0.4, -0.2) is 23.7 Å². The molecule has 0 aliphatic heterocycles. The fourth-order valence-corrected chi connectivity index (χ4v) is 2.25. The number of benzene rings is 2. The molecule has 7 nitrogen and oxygen atoms in total. The predicted octanol–water partition coefficient (Wildman–Crippen LogP) is 3.42. The zero-order valence-corrected chi connectivity index (χ0v) is 14.9. The number of hydrazone groups is 1. The lowest BCUT2D eigenvalue weighted by Crippen LogP contribution is -2.25. The summed E-state index contributed by atoms with van der Waals surface area (Å²) >= 11 is 0. The molecule has 0 atom stereocenters. The maximum atomic E-state index is 11.9. The number of nitro groups is 1. The van der Waals surface area contributed by atoms with Gasteiger partial charge in [0.25, 0.3) is 11.6 Å². The average molecular weight is 355 g/mol. The Morgan fingerprint density at radius 3 is 2.46 bits per heavy atom. The van der Waals surface area contributed by atoms with Crippen molar-refractivity contribution in [2.75, 3.05) is 6.61 Å². The van der Waals surface area contributed by atoms with E-state index >= 15 is 0 Å². The highest BCUT2D eigenvalue weighted by atomic mass is 16.6. The molecule has 1 N–H and O–H groups in total. The van der Waals surface area contributed by atoms with Crippen LogP contribution in [0.2, 0.25) is 0 Å². The molecule has 0 spiro atoms. The first-order valence-electron chi connectivity index (χ1n) is 8.06. The number of nitro benzene ring substituents is 1. The Balaban J connectivity index is 1.89. The molecule has 0 aromatic heterocycles. The van der Waals surface area contributed by atoms with E-state index in [4.69, 9.17) is 4.74 Å². The summed E-state index contributed by atoms with van der Waals surface area (Å²) in [6.45, 7) is 6.06. The first-order valence-corrected chi connectivity index (χ1v) is 8.06. The predicted molar refractivity (Wildman–Crippen MR) is 99.5 cm³/mol. The maximum absolute atomic E-state index is 11.9. The number of rotatable bonds is 6. The third-order valence-electron chi connectivity index (χ3n) is 3.56. The number of hydrogen-bond donors (Lipinski definition) is 1. The van der Waals surface area contributed by atoms with Crippen molar-refractivity contribution in [2.45, 2.75) is 26.2 Å². The van der Waals surface area contributed by atoms with E-state index < -0.39 is 10.8 Å². The molecule has 26 heavy (non-hydrogen) atoms. The highest BCUT2D eigenvalue weighted by Crippen LogP contribution is 2.30. The van der Waals surface area contributed by atoms with Gasteiger partial charge in [-0.25, -0.2) is 5.43 Å². The fourth-order valence-electron chi connectivity index (χ4n) is 2.25. The van der Waals surface area contributed by atoms with Gasteiger partial charge in [0.05, 0.1) is 11.1 Å². The van der Waals surface area contributed by atoms with Crippen molar-refractivity contribution >= 4 is 17.8 Å². The van der Waals surface area contributed by atoms with Gasteiger partial charge in [0.15, 0.2) is 6.61 Å². The van der Waals surface area contributed by atoms with Gasteiger partial charge in [0.2, 0.25) is 0 Å². The Bertz CT molecular complexity index is 808. The maximum Gasteiger partial charge on any atom is 0.277 e. The highest BCUT2D eigenvalue weighted by molar-refractivity contribution is 5.83. The highest BCUT2D eigenvalue weighted by Gasteiger charge is 2.18. The second kappa shape index (κ2) is 8.24. The molecule has 2 aromatic carbocycles. The van der Waals surface area contributed by atoms with E-state index in [1.807, 2.05) is 24.3 Å². The summed E-state index contributed by atoms with van der Waals surface area (Å²) in [5, 5.41) is 14.4. The third-order valence-corrected chi connectivity index (χ3v) is 3.56. The van der Waals surface area contributed by atoms with Crippen LogP contribution in [0, 0.1) is 10.1 Å². The lowest BCUT2D eigenvalue weighted by Gasteiger charge is -2.22. The zero-order chi connectivity index (χ0) is 19.2. The summed E-state index contributed by atoms with van der Waals surface area (Å²) in [6.07, 6.45) is 1.41. The largest absolute Gasteiger partial charge is 0.483 e. The second-order valence-electron chi connectivity index (χ2n) is 6.68. The molecular weight excluding hydrogens is 334 g/mol. The monoisotopic (exact) mass is 355 g/mol. The molecule has 0 aliphatic rings. The molecule has 2 aromatic rings. The van der Waals surface area contributed by atoms with E-state index in [1.165, 1.54) is 18.3 Å². The van der Waals surface area contributed by atoms with E-state index in [1.54, 1.807) is 12.1 Å². The molecule has 0 bridgehead atoms. The topological polar surface area (TPSA) is 93.8 Å². The second-order valence-corrected chi connectivity index (χ2v) is 6.68. The minimum Gasteiger partial charge on any atom is -0.483 e. The van der Waals surface area contributed by atoms with Gasteiger partial charge in [-0.2, -0.15) is 5.10 Å². The van der Waals surface area contributed by atoms with Crippen LogP contribution < -0.4 is 10.2 Å². The number of amides is 1. The van der Waals surface area contributed by atoms with E-state index in [0.29, 0.717) is 11.3 Å². The van der Waals surface area contributed by atoms with Crippen molar-refractivity contribution in [3.63, 3.8) is 0 Å². The summed E-state index contributed by atoms with van der Waals surface area (Å²) in [5.41, 5.74) is 3.92. The molecule has 0 radical (unpaired) electrons. The summed E-state index contributed by atoms with van der Waals surface area (Å²) in [5.74, 6) is 0.265. The van der Waals surface area contributed by atoms with E-state index in [0.717, 1.165) is 5.56 Å². The molecule has 0 heterocycles. The number of carbonyl (C=O) groups excluding carboxylic acids is 1. The van der Waals surface area contributed by atoms with Crippen molar-refractivity contribution in [3.8, 4) is 5.75 Å². The molecule has 0 saturated heterocycles. The van der Waals surface area contributed by atoms with Gasteiger partial charge in [-0.3, -0.25) is 14.9 Å². The number of para-hydroxylation sites is 1. The smallest absolute Gasteiger partial charge is 0.277 e. The first kappa shape index (κ1) is 19.1. The SMILES string of the molecule is CC(C)(C)c1ccccc1OCC(=O)N/N=C\c1ccc([N+](=O)[O-])cc1. The van der Waals surface area contributed by atoms with Crippen molar-refractivity contribution in [1.29, 1.82) is 0 Å². The van der Waals surface area contributed by atoms with Crippen molar-refractivity contribution in [1.82, 2.24) is 5.43 Å². The van der Waals surface area contributed by atoms with E-state index in [2.05, 4.69) is 31.3 Å². The van der Waals surface area contributed by atoms with Crippen molar-refractivity contribution in [3.05, 3.63) is 69.8 Å². The quantitative estimate of drug-likeness (QED) is 0.488. The summed E-state index contributed by atoms with van der Waals surface area (Å²) in [6, 6.07) is 13.4. The Labute approximate surface area is 151 Å². The standard InChI is InChI=1S/C19H21N3O4/c1-19(2,3)16-6-4-5-7-17(16)26-13-18(23)21-20-12-14-8-10-15(11-9-14)22(24)25/h4-12H,13H2,1-3H3,(H,21,23)/b20-12-. The minimum absolute atomic E-state index is 0.00269. The normalized spacial score (nSPS) is 11.3. The van der Waals surface area contributed by atoms with E-state index in [-0.39, 0.29) is 17.7 Å². The Kier molecular flexibility index (Phi) is 6.06. The van der Waals surface area contributed by atoms with Crippen molar-refractivity contribution < 1.29 is 14.5 Å². The van der Waals surface area contributed by atoms with Gasteiger partial charge in [-0.05, 0) is 34.7 Å². The molecular formula is C19H21N3O4. The minimum atomic E-state index is -0.477. The van der Waals surface area contributed by atoms with Gasteiger partial charge in [-0.15, -0.1) is 0 Å². The van der Waals surface area contributed by atoms with Crippen LogP contribution in [0.1, 0.15) is 31.9 Å². The molecule has 0 fully saturated rings. The summed E-state index contributed by atoms with van der Waals surface area (Å²) < 4.78 is 5.61. The van der Waals surface area contributed by atoms with Crippen LogP contribution in [0.3, 0.4) is 0 Å². The number of nitrogens with zero attached hydrogens (tertiary/aromatic N) is 2. The first-order chi connectivity index (χ1) is 12.3. The average Bonchev–Trinajstić information content (AvgIpc) is 2.60. The number of carbonyl (C=O) groups is 1. The van der Waals surface area contributed by atoms with E-state index in [9.17, 15) is 14.9 Å². The molecule has 136 valence electrons. The third kappa shape index (κ3) is 5.41. The van der Waals surface area contributed by atoms with Crippen LogP contribution in [0.5, 0.6) is 5.75 Å². The Morgan fingerprint density at radius 1 is 1.19 bits per heavy atom. The molecule has 0 saturated carbocycles. The van der Waals surface area contributed by atoms with Crippen molar-refractivity contribution in [2.24, 2.45) is 5.10 Å². The number of non-ortho nitro benzene ring substituents is 1. The molecule has 1 amide bonds. The summed E-state index contributed by atoms with van der Waals surface area (Å²) in [4.78, 5) is 22.0. The molecule has 0 unspecified atom stereocenters. The van der Waals surface area contributed by atoms with Crippen LogP contribution in [0.15, 0.2) is 53.6 Å². The number of nitrogens with one attached hydrogen (secondary N) is 1. The molecule has 0 aliphatic carbocycles. The van der Waals surface area contributed by atoms with Crippen LogP contribution in [-0.2, 0) is 10.2 Å². The fraction of sp³-hybridized carbons (Fsp3) is 0.263. The lowest BCUT2D eigenvalue weighted by atomic mass is 9.86. The summed E-state index contributed by atoms with van der Waals surface area (Å²) in [7, 11) is 0. The van der Waals surface area contributed by atoms with Crippen LogP contribution in [0.4, 0.5) is 5.69 Å². The van der Waals surface area contributed by atoms with Gasteiger partial charge >= 0.3 is 0 Å². The van der Waals surface area contributed by atoms with Gasteiger partial charge in [-0.1, -0.05) is 39.0 Å². The number of ether oxygens (including phenoxy) is 1. The van der Waals surface area contributed by atoms with Gasteiger partial charge in [0, 0.05) is 12.1 Å². The van der Waals surface area contributed by atoms with Crippen LogP contribution >= 0.6 is 0 Å². The Hall–Kier alpha value is -3.22. The lowest BCUT2D eigenvalue weighted by molar-refractivity contribution is -0.384. The number of hydrogen-bond acceptors (Lipinski definition) is 5. The molecule has 2 rings (SSSR count). The van der Waals surface area contributed by atoms with Gasteiger partial charge < -0.3 is 4.74 Å². The van der Waals surface area contributed by atoms with Gasteiger partial charge in [0.1, 0.15) is 5.75 Å².